The molecule has 0 amide bonds. The summed E-state index contributed by atoms with van der Waals surface area (Å²) in [7, 11) is 2.18. The fourth-order valence-electron chi connectivity index (χ4n) is 3.57. The highest BCUT2D eigenvalue weighted by molar-refractivity contribution is 5.89. The van der Waals surface area contributed by atoms with Crippen LogP contribution in [0.3, 0.4) is 0 Å². The molecule has 2 aromatic rings. The number of fused-ring (bicyclic) bond motifs is 1. The van der Waals surface area contributed by atoms with E-state index in [1.807, 2.05) is 0 Å². The van der Waals surface area contributed by atoms with Crippen molar-refractivity contribution < 1.29 is 0 Å². The topological polar surface area (TPSA) is 17.0 Å². The molecule has 1 aliphatic rings. The number of nitrogens with zero attached hydrogens (tertiary/aromatic N) is 1. The van der Waals surface area contributed by atoms with Gasteiger partial charge in [0.15, 0.2) is 0 Å². The van der Waals surface area contributed by atoms with Gasteiger partial charge < -0.3 is 9.88 Å². The molecule has 1 aliphatic heterocycles. The van der Waals surface area contributed by atoms with Gasteiger partial charge in [0.05, 0.1) is 5.52 Å². The average Bonchev–Trinajstić information content (AvgIpc) is 2.73. The van der Waals surface area contributed by atoms with Crippen LogP contribution in [-0.4, -0.2) is 17.7 Å². The molecule has 0 bridgehead atoms. The monoisotopic (exact) mass is 256 g/mol. The molecule has 2 heteroatoms. The highest BCUT2D eigenvalue weighted by Gasteiger charge is 2.17. The van der Waals surface area contributed by atoms with Crippen LogP contribution in [0.2, 0.25) is 0 Å². The number of benzene rings is 1. The van der Waals surface area contributed by atoms with Crippen LogP contribution in [0.25, 0.3) is 10.9 Å². The summed E-state index contributed by atoms with van der Waals surface area (Å²) in [6, 6.07) is 4.51. The van der Waals surface area contributed by atoms with Crippen molar-refractivity contribution in [3.8, 4) is 0 Å². The van der Waals surface area contributed by atoms with E-state index in [4.69, 9.17) is 0 Å². The lowest BCUT2D eigenvalue weighted by atomic mass is 9.90. The minimum absolute atomic E-state index is 0.853. The molecule has 0 aliphatic carbocycles. The fraction of sp³-hybridized carbons (Fsp3) is 0.529. The van der Waals surface area contributed by atoms with Gasteiger partial charge in [0.1, 0.15) is 0 Å². The van der Waals surface area contributed by atoms with E-state index < -0.39 is 0 Å². The lowest BCUT2D eigenvalue weighted by Gasteiger charge is -2.22. The lowest BCUT2D eigenvalue weighted by molar-refractivity contribution is 0.373. The molecule has 3 rings (SSSR count). The van der Waals surface area contributed by atoms with Gasteiger partial charge in [0.2, 0.25) is 0 Å². The van der Waals surface area contributed by atoms with Gasteiger partial charge in [-0.05, 0) is 68.8 Å². The summed E-state index contributed by atoms with van der Waals surface area (Å²) in [5.74, 6) is 0.853. The molecule has 1 N–H and O–H groups in total. The Labute approximate surface area is 115 Å². The molecule has 0 unspecified atom stereocenters. The van der Waals surface area contributed by atoms with Crippen molar-refractivity contribution in [2.75, 3.05) is 13.1 Å². The van der Waals surface area contributed by atoms with E-state index in [2.05, 4.69) is 49.1 Å². The van der Waals surface area contributed by atoms with E-state index in [1.165, 1.54) is 54.4 Å². The Morgan fingerprint density at radius 2 is 1.84 bits per heavy atom. The van der Waals surface area contributed by atoms with Crippen molar-refractivity contribution in [2.45, 2.75) is 33.1 Å². The zero-order valence-electron chi connectivity index (χ0n) is 12.3. The molecule has 0 saturated carbocycles. The zero-order chi connectivity index (χ0) is 13.4. The molecule has 0 atom stereocenters. The molecule has 0 spiro atoms. The minimum Gasteiger partial charge on any atom is -0.350 e. The minimum atomic E-state index is 0.853. The van der Waals surface area contributed by atoms with Crippen LogP contribution in [0.5, 0.6) is 0 Å². The summed E-state index contributed by atoms with van der Waals surface area (Å²) in [6.45, 7) is 6.84. The number of aromatic nitrogens is 1. The van der Waals surface area contributed by atoms with Gasteiger partial charge in [0.25, 0.3) is 0 Å². The first-order valence-electron chi connectivity index (χ1n) is 7.41. The molecule has 2 nitrogen and oxygen atoms in total. The van der Waals surface area contributed by atoms with E-state index >= 15 is 0 Å². The van der Waals surface area contributed by atoms with Crippen molar-refractivity contribution in [1.82, 2.24) is 9.88 Å². The van der Waals surface area contributed by atoms with Crippen LogP contribution in [0.1, 0.15) is 29.5 Å². The van der Waals surface area contributed by atoms with Crippen LogP contribution in [0, 0.1) is 19.8 Å². The third-order valence-electron chi connectivity index (χ3n) is 4.58. The SMILES string of the molecule is Cc1ccc(C)c2c1c(CC1CCNCC1)cn2C. The number of piperidine rings is 1. The smallest absolute Gasteiger partial charge is 0.0512 e. The average molecular weight is 256 g/mol. The van der Waals surface area contributed by atoms with E-state index in [0.717, 1.165) is 5.92 Å². The molecular weight excluding hydrogens is 232 g/mol. The van der Waals surface area contributed by atoms with Gasteiger partial charge in [-0.15, -0.1) is 0 Å². The van der Waals surface area contributed by atoms with Gasteiger partial charge in [-0.2, -0.15) is 0 Å². The second-order valence-electron chi connectivity index (χ2n) is 6.09. The summed E-state index contributed by atoms with van der Waals surface area (Å²) in [6.07, 6.45) is 6.23. The van der Waals surface area contributed by atoms with Gasteiger partial charge >= 0.3 is 0 Å². The standard InChI is InChI=1S/C17H24N2/c1-12-4-5-13(2)17-16(12)15(11-19(17)3)10-14-6-8-18-9-7-14/h4-5,11,14,18H,6-10H2,1-3H3. The van der Waals surface area contributed by atoms with Crippen molar-refractivity contribution in [1.29, 1.82) is 0 Å². The van der Waals surface area contributed by atoms with E-state index in [-0.39, 0.29) is 0 Å². The van der Waals surface area contributed by atoms with Crippen LogP contribution in [-0.2, 0) is 13.5 Å². The van der Waals surface area contributed by atoms with Gasteiger partial charge in [-0.25, -0.2) is 0 Å². The van der Waals surface area contributed by atoms with Crippen LogP contribution in [0.15, 0.2) is 18.3 Å². The number of rotatable bonds is 2. The first kappa shape index (κ1) is 12.7. The third kappa shape index (κ3) is 2.30. The molecule has 1 fully saturated rings. The molecule has 1 aromatic heterocycles. The van der Waals surface area contributed by atoms with Crippen molar-refractivity contribution in [3.63, 3.8) is 0 Å². The predicted octanol–water partition coefficient (Wildman–Crippen LogP) is 3.34. The zero-order valence-corrected chi connectivity index (χ0v) is 12.3. The lowest BCUT2D eigenvalue weighted by Crippen LogP contribution is -2.28. The maximum atomic E-state index is 3.46. The van der Waals surface area contributed by atoms with Crippen molar-refractivity contribution in [3.05, 3.63) is 35.0 Å². The summed E-state index contributed by atoms with van der Waals surface area (Å²) < 4.78 is 2.31. The maximum Gasteiger partial charge on any atom is 0.0512 e. The van der Waals surface area contributed by atoms with Crippen molar-refractivity contribution >= 4 is 10.9 Å². The van der Waals surface area contributed by atoms with Gasteiger partial charge in [-0.3, -0.25) is 0 Å². The second-order valence-corrected chi connectivity index (χ2v) is 6.09. The third-order valence-corrected chi connectivity index (χ3v) is 4.58. The normalized spacial score (nSPS) is 17.2. The Morgan fingerprint density at radius 1 is 1.16 bits per heavy atom. The number of aryl methyl sites for hydroxylation is 3. The summed E-state index contributed by atoms with van der Waals surface area (Å²) in [5.41, 5.74) is 5.78. The molecular formula is C17H24N2. The molecule has 1 aromatic carbocycles. The molecule has 102 valence electrons. The molecule has 19 heavy (non-hydrogen) atoms. The Hall–Kier alpha value is -1.28. The Balaban J connectivity index is 2.01. The number of nitrogens with one attached hydrogen (secondary N) is 1. The fourth-order valence-corrected chi connectivity index (χ4v) is 3.57. The van der Waals surface area contributed by atoms with Gasteiger partial charge in [-0.1, -0.05) is 12.1 Å². The van der Waals surface area contributed by atoms with Crippen LogP contribution >= 0.6 is 0 Å². The molecule has 0 radical (unpaired) electrons. The maximum absolute atomic E-state index is 3.46. The molecule has 1 saturated heterocycles. The summed E-state index contributed by atoms with van der Waals surface area (Å²) >= 11 is 0. The molecule has 2 heterocycles. The first-order chi connectivity index (χ1) is 9.16. The van der Waals surface area contributed by atoms with Crippen LogP contribution in [0.4, 0.5) is 0 Å². The number of hydrogen-bond donors (Lipinski definition) is 1. The van der Waals surface area contributed by atoms with Gasteiger partial charge in [0, 0.05) is 18.6 Å². The quantitative estimate of drug-likeness (QED) is 0.872. The predicted molar refractivity (Wildman–Crippen MR) is 81.7 cm³/mol. The Bertz CT molecular complexity index is 589. The Morgan fingerprint density at radius 3 is 2.58 bits per heavy atom. The van der Waals surface area contributed by atoms with E-state index in [9.17, 15) is 0 Å². The van der Waals surface area contributed by atoms with Crippen molar-refractivity contribution in [2.24, 2.45) is 13.0 Å². The van der Waals surface area contributed by atoms with Crippen LogP contribution < -0.4 is 5.32 Å². The van der Waals surface area contributed by atoms with E-state index in [0.29, 0.717) is 0 Å². The highest BCUT2D eigenvalue weighted by Crippen LogP contribution is 2.30. The second kappa shape index (κ2) is 5.01. The first-order valence-corrected chi connectivity index (χ1v) is 7.41. The number of hydrogen-bond acceptors (Lipinski definition) is 1. The Kier molecular flexibility index (Phi) is 3.36. The largest absolute Gasteiger partial charge is 0.350 e. The van der Waals surface area contributed by atoms with E-state index in [1.54, 1.807) is 5.56 Å². The highest BCUT2D eigenvalue weighted by atomic mass is 14.9. The summed E-state index contributed by atoms with van der Waals surface area (Å²) in [4.78, 5) is 0. The summed E-state index contributed by atoms with van der Waals surface area (Å²) in [5, 5.41) is 4.96.